The van der Waals surface area contributed by atoms with E-state index >= 15 is 0 Å². The summed E-state index contributed by atoms with van der Waals surface area (Å²) in [4.78, 5) is 10.8. The van der Waals surface area contributed by atoms with Crippen LogP contribution in [0.25, 0.3) is 22.2 Å². The van der Waals surface area contributed by atoms with Crippen molar-refractivity contribution < 1.29 is 4.79 Å². The van der Waals surface area contributed by atoms with E-state index < -0.39 is 0 Å². The summed E-state index contributed by atoms with van der Waals surface area (Å²) >= 11 is 0. The molecule has 0 saturated heterocycles. The number of carbonyl (C=O) groups excluding carboxylic acids is 1. The number of aromatic amines is 1. The Bertz CT molecular complexity index is 728. The number of carbonyl (C=O) groups is 1. The van der Waals surface area contributed by atoms with Gasteiger partial charge >= 0.3 is 0 Å². The summed E-state index contributed by atoms with van der Waals surface area (Å²) in [5, 5.41) is 8.31. The quantitative estimate of drug-likeness (QED) is 0.693. The van der Waals surface area contributed by atoms with Crippen LogP contribution < -0.4 is 0 Å². The van der Waals surface area contributed by atoms with Gasteiger partial charge in [-0.2, -0.15) is 5.10 Å². The van der Waals surface area contributed by atoms with Crippen molar-refractivity contribution >= 4 is 17.2 Å². The zero-order valence-electron chi connectivity index (χ0n) is 9.97. The minimum atomic E-state index is 0.665. The highest BCUT2D eigenvalue weighted by Gasteiger charge is 2.08. The number of aromatic nitrogens is 2. The van der Waals surface area contributed by atoms with Gasteiger partial charge in [0.1, 0.15) is 6.29 Å². The first-order valence-electron chi connectivity index (χ1n) is 5.78. The van der Waals surface area contributed by atoms with E-state index in [1.165, 1.54) is 5.56 Å². The molecule has 0 aliphatic heterocycles. The first-order valence-corrected chi connectivity index (χ1v) is 5.78. The average Bonchev–Trinajstić information content (AvgIpc) is 2.81. The van der Waals surface area contributed by atoms with Crippen LogP contribution in [0.1, 0.15) is 15.9 Å². The van der Waals surface area contributed by atoms with E-state index in [2.05, 4.69) is 29.3 Å². The van der Waals surface area contributed by atoms with Crippen LogP contribution in [-0.4, -0.2) is 16.5 Å². The number of hydrogen-bond acceptors (Lipinski definition) is 2. The smallest absolute Gasteiger partial charge is 0.150 e. The number of hydrogen-bond donors (Lipinski definition) is 1. The van der Waals surface area contributed by atoms with Gasteiger partial charge in [0, 0.05) is 16.5 Å². The number of aldehydes is 1. The average molecular weight is 236 g/mol. The maximum absolute atomic E-state index is 10.8. The van der Waals surface area contributed by atoms with Gasteiger partial charge < -0.3 is 0 Å². The molecule has 3 aromatic rings. The number of rotatable bonds is 2. The van der Waals surface area contributed by atoms with Crippen LogP contribution in [0.5, 0.6) is 0 Å². The monoisotopic (exact) mass is 236 g/mol. The van der Waals surface area contributed by atoms with Gasteiger partial charge in [-0.15, -0.1) is 0 Å². The Kier molecular flexibility index (Phi) is 2.45. The fourth-order valence-electron chi connectivity index (χ4n) is 2.12. The molecule has 18 heavy (non-hydrogen) atoms. The lowest BCUT2D eigenvalue weighted by atomic mass is 10.0. The van der Waals surface area contributed by atoms with Crippen LogP contribution in [0.3, 0.4) is 0 Å². The first-order chi connectivity index (χ1) is 8.78. The molecule has 0 aliphatic rings. The second-order valence-corrected chi connectivity index (χ2v) is 4.36. The van der Waals surface area contributed by atoms with Crippen LogP contribution in [0.4, 0.5) is 0 Å². The number of nitrogens with zero attached hydrogens (tertiary/aromatic N) is 1. The highest BCUT2D eigenvalue weighted by Crippen LogP contribution is 2.27. The number of fused-ring (bicyclic) bond motifs is 1. The zero-order valence-corrected chi connectivity index (χ0v) is 9.97. The molecular weight excluding hydrogens is 224 g/mol. The van der Waals surface area contributed by atoms with E-state index in [-0.39, 0.29) is 0 Å². The SMILES string of the molecule is Cc1cccc(-c2n[nH]c3ccc(C=O)cc23)c1. The van der Waals surface area contributed by atoms with Crippen molar-refractivity contribution in [1.29, 1.82) is 0 Å². The lowest BCUT2D eigenvalue weighted by Gasteiger charge is -2.00. The molecule has 3 rings (SSSR count). The molecule has 1 heterocycles. The van der Waals surface area contributed by atoms with Crippen molar-refractivity contribution in [3.8, 4) is 11.3 Å². The second-order valence-electron chi connectivity index (χ2n) is 4.36. The van der Waals surface area contributed by atoms with E-state index in [0.29, 0.717) is 5.56 Å². The summed E-state index contributed by atoms with van der Waals surface area (Å²) in [5.41, 5.74) is 4.74. The fourth-order valence-corrected chi connectivity index (χ4v) is 2.12. The van der Waals surface area contributed by atoms with Gasteiger partial charge in [0.2, 0.25) is 0 Å². The Balaban J connectivity index is 2.26. The van der Waals surface area contributed by atoms with Crippen LogP contribution in [-0.2, 0) is 0 Å². The highest BCUT2D eigenvalue weighted by atomic mass is 16.1. The van der Waals surface area contributed by atoms with Gasteiger partial charge in [0.25, 0.3) is 0 Å². The minimum Gasteiger partial charge on any atom is -0.298 e. The fraction of sp³-hybridized carbons (Fsp3) is 0.0667. The second kappa shape index (κ2) is 4.11. The molecule has 0 saturated carbocycles. The first kappa shape index (κ1) is 10.7. The molecule has 3 heteroatoms. The molecule has 2 aromatic carbocycles. The minimum absolute atomic E-state index is 0.665. The molecule has 0 atom stereocenters. The Morgan fingerprint density at radius 3 is 2.83 bits per heavy atom. The summed E-state index contributed by atoms with van der Waals surface area (Å²) < 4.78 is 0. The van der Waals surface area contributed by atoms with Crippen LogP contribution in [0.15, 0.2) is 42.5 Å². The summed E-state index contributed by atoms with van der Waals surface area (Å²) in [6, 6.07) is 13.7. The van der Waals surface area contributed by atoms with Gasteiger partial charge in [-0.1, -0.05) is 23.8 Å². The Labute approximate surface area is 104 Å². The van der Waals surface area contributed by atoms with E-state index in [0.717, 1.165) is 28.4 Å². The normalized spacial score (nSPS) is 10.7. The van der Waals surface area contributed by atoms with E-state index in [4.69, 9.17) is 0 Å². The molecule has 0 radical (unpaired) electrons. The molecule has 3 nitrogen and oxygen atoms in total. The number of aryl methyl sites for hydroxylation is 1. The van der Waals surface area contributed by atoms with Gasteiger partial charge in [0.05, 0.1) is 11.2 Å². The van der Waals surface area contributed by atoms with Crippen molar-refractivity contribution in [3.05, 3.63) is 53.6 Å². The van der Waals surface area contributed by atoms with Gasteiger partial charge in [0.15, 0.2) is 0 Å². The van der Waals surface area contributed by atoms with Crippen molar-refractivity contribution in [3.63, 3.8) is 0 Å². The lowest BCUT2D eigenvalue weighted by molar-refractivity contribution is 0.112. The molecule has 0 bridgehead atoms. The van der Waals surface area contributed by atoms with Gasteiger partial charge in [-0.05, 0) is 31.2 Å². The van der Waals surface area contributed by atoms with Crippen LogP contribution in [0.2, 0.25) is 0 Å². The van der Waals surface area contributed by atoms with E-state index in [1.807, 2.05) is 24.3 Å². The number of nitrogens with one attached hydrogen (secondary N) is 1. The number of benzene rings is 2. The van der Waals surface area contributed by atoms with E-state index in [9.17, 15) is 4.79 Å². The van der Waals surface area contributed by atoms with Gasteiger partial charge in [-0.3, -0.25) is 9.89 Å². The molecule has 0 spiro atoms. The van der Waals surface area contributed by atoms with Crippen molar-refractivity contribution in [1.82, 2.24) is 10.2 Å². The largest absolute Gasteiger partial charge is 0.298 e. The Morgan fingerprint density at radius 1 is 1.17 bits per heavy atom. The molecule has 88 valence electrons. The summed E-state index contributed by atoms with van der Waals surface area (Å²) in [5.74, 6) is 0. The van der Waals surface area contributed by atoms with Gasteiger partial charge in [-0.25, -0.2) is 0 Å². The summed E-state index contributed by atoms with van der Waals surface area (Å²) in [6.07, 6.45) is 0.854. The van der Waals surface area contributed by atoms with Crippen molar-refractivity contribution in [2.75, 3.05) is 0 Å². The van der Waals surface area contributed by atoms with E-state index in [1.54, 1.807) is 6.07 Å². The Hall–Kier alpha value is -2.42. The van der Waals surface area contributed by atoms with Crippen LogP contribution in [0, 0.1) is 6.92 Å². The highest BCUT2D eigenvalue weighted by molar-refractivity contribution is 5.96. The van der Waals surface area contributed by atoms with Crippen molar-refractivity contribution in [2.45, 2.75) is 6.92 Å². The molecule has 0 unspecified atom stereocenters. The standard InChI is InChI=1S/C15H12N2O/c1-10-3-2-4-12(7-10)15-13-8-11(9-18)5-6-14(13)16-17-15/h2-9H,1H3,(H,16,17). The summed E-state index contributed by atoms with van der Waals surface area (Å²) in [7, 11) is 0. The third-order valence-corrected chi connectivity index (χ3v) is 3.01. The summed E-state index contributed by atoms with van der Waals surface area (Å²) in [6.45, 7) is 2.05. The molecule has 0 aliphatic carbocycles. The number of H-pyrrole nitrogens is 1. The molecule has 0 amide bonds. The molecule has 1 N–H and O–H groups in total. The lowest BCUT2D eigenvalue weighted by Crippen LogP contribution is -1.82. The Morgan fingerprint density at radius 2 is 2.06 bits per heavy atom. The zero-order chi connectivity index (χ0) is 12.5. The third-order valence-electron chi connectivity index (χ3n) is 3.01. The molecular formula is C15H12N2O. The predicted molar refractivity (Wildman–Crippen MR) is 71.7 cm³/mol. The molecule has 1 aromatic heterocycles. The van der Waals surface area contributed by atoms with Crippen LogP contribution >= 0.6 is 0 Å². The topological polar surface area (TPSA) is 45.8 Å². The molecule has 0 fully saturated rings. The van der Waals surface area contributed by atoms with Crippen molar-refractivity contribution in [2.24, 2.45) is 0 Å². The predicted octanol–water partition coefficient (Wildman–Crippen LogP) is 3.35. The maximum Gasteiger partial charge on any atom is 0.150 e. The third kappa shape index (κ3) is 1.70. The maximum atomic E-state index is 10.8.